The van der Waals surface area contributed by atoms with Crippen molar-refractivity contribution in [1.82, 2.24) is 4.31 Å². The number of nitrogens with zero attached hydrogens (tertiary/aromatic N) is 1. The van der Waals surface area contributed by atoms with E-state index in [2.05, 4.69) is 0 Å². The highest BCUT2D eigenvalue weighted by atomic mass is 32.2. The van der Waals surface area contributed by atoms with Gasteiger partial charge in [0.2, 0.25) is 10.0 Å². The molecule has 1 heterocycles. The third-order valence-electron chi connectivity index (χ3n) is 4.81. The average molecular weight is 375 g/mol. The smallest absolute Gasteiger partial charge is 0.243 e. The van der Waals surface area contributed by atoms with E-state index >= 15 is 0 Å². The molecule has 6 heteroatoms. The summed E-state index contributed by atoms with van der Waals surface area (Å²) in [6.07, 6.45) is 2.68. The first kappa shape index (κ1) is 18.7. The predicted molar refractivity (Wildman–Crippen MR) is 101 cm³/mol. The average Bonchev–Trinajstić information content (AvgIpc) is 2.62. The second-order valence-electron chi connectivity index (χ2n) is 6.58. The Morgan fingerprint density at radius 2 is 1.54 bits per heavy atom. The summed E-state index contributed by atoms with van der Waals surface area (Å²) in [7, 11) is -0.331. The van der Waals surface area contributed by atoms with Gasteiger partial charge < -0.3 is 9.47 Å². The number of ether oxygens (including phenoxy) is 2. The minimum absolute atomic E-state index is 0.339. The van der Waals surface area contributed by atoms with Crippen LogP contribution in [0, 0.1) is 6.92 Å². The first-order chi connectivity index (χ1) is 12.5. The fourth-order valence-electron chi connectivity index (χ4n) is 3.28. The molecule has 0 unspecified atom stereocenters. The molecule has 5 nitrogen and oxygen atoms in total. The molecule has 140 valence electrons. The summed E-state index contributed by atoms with van der Waals surface area (Å²) in [5.41, 5.74) is 3.13. The van der Waals surface area contributed by atoms with Crippen LogP contribution in [0.25, 0.3) is 0 Å². The fourth-order valence-corrected chi connectivity index (χ4v) is 4.74. The molecule has 0 spiro atoms. The summed E-state index contributed by atoms with van der Waals surface area (Å²) in [6.45, 7) is 2.80. The lowest BCUT2D eigenvalue weighted by molar-refractivity contribution is 0.350. The second kappa shape index (κ2) is 7.68. The Morgan fingerprint density at radius 3 is 2.15 bits per heavy atom. The van der Waals surface area contributed by atoms with Gasteiger partial charge in [0, 0.05) is 13.1 Å². The molecule has 2 aromatic carbocycles. The molecule has 0 atom stereocenters. The largest absolute Gasteiger partial charge is 0.493 e. The number of rotatable bonds is 4. The van der Waals surface area contributed by atoms with Crippen LogP contribution in [0.3, 0.4) is 0 Å². The van der Waals surface area contributed by atoms with E-state index < -0.39 is 10.0 Å². The van der Waals surface area contributed by atoms with Crippen LogP contribution in [0.15, 0.2) is 41.3 Å². The van der Waals surface area contributed by atoms with E-state index in [0.29, 0.717) is 29.5 Å². The van der Waals surface area contributed by atoms with Crippen molar-refractivity contribution in [2.24, 2.45) is 0 Å². The van der Waals surface area contributed by atoms with Crippen molar-refractivity contribution in [3.05, 3.63) is 53.1 Å². The van der Waals surface area contributed by atoms with Gasteiger partial charge >= 0.3 is 0 Å². The van der Waals surface area contributed by atoms with E-state index in [0.717, 1.165) is 36.0 Å². The molecule has 0 aromatic heterocycles. The van der Waals surface area contributed by atoms with Crippen LogP contribution >= 0.6 is 0 Å². The molecule has 0 bridgehead atoms. The Balaban J connectivity index is 1.99. The molecule has 1 aliphatic heterocycles. The minimum atomic E-state index is -3.54. The Hall–Kier alpha value is -2.05. The number of methoxy groups -OCH3 is 2. The Kier molecular flexibility index (Phi) is 5.53. The zero-order valence-corrected chi connectivity index (χ0v) is 16.3. The lowest BCUT2D eigenvalue weighted by Crippen LogP contribution is -2.33. The number of benzene rings is 2. The summed E-state index contributed by atoms with van der Waals surface area (Å²) in [5, 5.41) is 0. The van der Waals surface area contributed by atoms with E-state index in [1.807, 2.05) is 31.2 Å². The van der Waals surface area contributed by atoms with Gasteiger partial charge in [-0.3, -0.25) is 0 Å². The summed E-state index contributed by atoms with van der Waals surface area (Å²) in [4.78, 5) is 0.339. The van der Waals surface area contributed by atoms with E-state index in [4.69, 9.17) is 9.47 Å². The van der Waals surface area contributed by atoms with Crippen molar-refractivity contribution in [3.8, 4) is 11.5 Å². The van der Waals surface area contributed by atoms with E-state index in [9.17, 15) is 8.42 Å². The van der Waals surface area contributed by atoms with Crippen molar-refractivity contribution in [3.63, 3.8) is 0 Å². The van der Waals surface area contributed by atoms with Crippen LogP contribution in [-0.2, 0) is 23.0 Å². The first-order valence-electron chi connectivity index (χ1n) is 8.76. The van der Waals surface area contributed by atoms with Gasteiger partial charge in [0.15, 0.2) is 11.5 Å². The summed E-state index contributed by atoms with van der Waals surface area (Å²) >= 11 is 0. The summed E-state index contributed by atoms with van der Waals surface area (Å²) in [5.74, 6) is 1.30. The first-order valence-corrected chi connectivity index (χ1v) is 10.2. The normalized spacial score (nSPS) is 15.7. The minimum Gasteiger partial charge on any atom is -0.493 e. The molecule has 0 saturated carbocycles. The molecular weight excluding hydrogens is 350 g/mol. The zero-order valence-electron chi connectivity index (χ0n) is 15.5. The topological polar surface area (TPSA) is 55.8 Å². The van der Waals surface area contributed by atoms with Gasteiger partial charge in [-0.1, -0.05) is 17.7 Å². The molecule has 0 fully saturated rings. The lowest BCUT2D eigenvalue weighted by Gasteiger charge is -2.26. The number of fused-ring (bicyclic) bond motifs is 1. The van der Waals surface area contributed by atoms with Gasteiger partial charge in [0.05, 0.1) is 19.1 Å². The monoisotopic (exact) mass is 375 g/mol. The van der Waals surface area contributed by atoms with Gasteiger partial charge in [-0.05, 0) is 61.6 Å². The zero-order chi connectivity index (χ0) is 18.7. The Morgan fingerprint density at radius 1 is 0.923 bits per heavy atom. The van der Waals surface area contributed by atoms with Gasteiger partial charge in [-0.2, -0.15) is 4.31 Å². The maximum absolute atomic E-state index is 13.1. The Bertz CT molecular complexity index is 875. The SMILES string of the molecule is COc1cc2c(cc1OC)CN(S(=O)(=O)c1ccc(C)cc1)CCCC2. The number of sulfonamides is 1. The third-order valence-corrected chi connectivity index (χ3v) is 6.67. The van der Waals surface area contributed by atoms with Crippen molar-refractivity contribution >= 4 is 10.0 Å². The van der Waals surface area contributed by atoms with Crippen LogP contribution < -0.4 is 9.47 Å². The van der Waals surface area contributed by atoms with Crippen LogP contribution in [0.1, 0.15) is 29.5 Å². The maximum atomic E-state index is 13.1. The molecule has 2 aromatic rings. The molecule has 0 saturated heterocycles. The maximum Gasteiger partial charge on any atom is 0.243 e. The van der Waals surface area contributed by atoms with Crippen LogP contribution in [0.2, 0.25) is 0 Å². The molecule has 0 radical (unpaired) electrons. The number of aryl methyl sites for hydroxylation is 2. The summed E-state index contributed by atoms with van der Waals surface area (Å²) in [6, 6.07) is 10.9. The molecule has 26 heavy (non-hydrogen) atoms. The quantitative estimate of drug-likeness (QED) is 0.820. The van der Waals surface area contributed by atoms with Crippen LogP contribution in [0.4, 0.5) is 0 Å². The van der Waals surface area contributed by atoms with Gasteiger partial charge in [-0.15, -0.1) is 0 Å². The molecule has 1 aliphatic rings. The number of hydrogen-bond donors (Lipinski definition) is 0. The number of hydrogen-bond acceptors (Lipinski definition) is 4. The molecule has 3 rings (SSSR count). The fraction of sp³-hybridized carbons (Fsp3) is 0.400. The van der Waals surface area contributed by atoms with Crippen LogP contribution in [-0.4, -0.2) is 33.5 Å². The second-order valence-corrected chi connectivity index (χ2v) is 8.52. The Labute approximate surface area is 155 Å². The highest BCUT2D eigenvalue weighted by Crippen LogP contribution is 2.33. The van der Waals surface area contributed by atoms with Crippen LogP contribution in [0.5, 0.6) is 11.5 Å². The lowest BCUT2D eigenvalue weighted by atomic mass is 9.99. The summed E-state index contributed by atoms with van der Waals surface area (Å²) < 4.78 is 38.6. The molecule has 0 N–H and O–H groups in total. The third kappa shape index (κ3) is 3.71. The van der Waals surface area contributed by atoms with Crippen molar-refractivity contribution in [2.45, 2.75) is 37.6 Å². The highest BCUT2D eigenvalue weighted by molar-refractivity contribution is 7.89. The van der Waals surface area contributed by atoms with E-state index in [-0.39, 0.29) is 0 Å². The van der Waals surface area contributed by atoms with E-state index in [1.54, 1.807) is 30.7 Å². The predicted octanol–water partition coefficient (Wildman–Crippen LogP) is 3.54. The van der Waals surface area contributed by atoms with E-state index in [1.165, 1.54) is 0 Å². The van der Waals surface area contributed by atoms with Gasteiger partial charge in [0.25, 0.3) is 0 Å². The highest BCUT2D eigenvalue weighted by Gasteiger charge is 2.27. The van der Waals surface area contributed by atoms with Crippen molar-refractivity contribution in [1.29, 1.82) is 0 Å². The van der Waals surface area contributed by atoms with Crippen molar-refractivity contribution < 1.29 is 17.9 Å². The van der Waals surface area contributed by atoms with Crippen molar-refractivity contribution in [2.75, 3.05) is 20.8 Å². The molecular formula is C20H25NO4S. The van der Waals surface area contributed by atoms with Gasteiger partial charge in [0.1, 0.15) is 0 Å². The molecule has 0 aliphatic carbocycles. The molecule has 0 amide bonds. The standard InChI is InChI=1S/C20H25NO4S/c1-15-7-9-18(10-8-15)26(22,23)21-11-5-4-6-16-12-19(24-2)20(25-3)13-17(16)14-21/h7-10,12-13H,4-6,11,14H2,1-3H3. The van der Waals surface area contributed by atoms with Gasteiger partial charge in [-0.25, -0.2) is 8.42 Å².